The van der Waals surface area contributed by atoms with Crippen LogP contribution in [0.2, 0.25) is 5.02 Å². The molecule has 152 valence electrons. The summed E-state index contributed by atoms with van der Waals surface area (Å²) < 4.78 is 5.55. The molecule has 6 heteroatoms. The number of thiocarbonyl (C=S) groups is 1. The Kier molecular flexibility index (Phi) is 7.77. The first-order valence-corrected chi connectivity index (χ1v) is 11.0. The van der Waals surface area contributed by atoms with Gasteiger partial charge in [0.25, 0.3) is 0 Å². The average Bonchev–Trinajstić information content (AvgIpc) is 3.18. The highest BCUT2D eigenvalue weighted by atomic mass is 35.5. The molecule has 0 bridgehead atoms. The zero-order valence-electron chi connectivity index (χ0n) is 16.8. The van der Waals surface area contributed by atoms with Gasteiger partial charge in [-0.05, 0) is 67.7 Å². The molecular weight excluding hydrogens is 390 g/mol. The van der Waals surface area contributed by atoms with Gasteiger partial charge < -0.3 is 19.5 Å². The van der Waals surface area contributed by atoms with Crippen molar-refractivity contribution in [2.45, 2.75) is 39.7 Å². The van der Waals surface area contributed by atoms with Gasteiger partial charge in [-0.1, -0.05) is 24.6 Å². The van der Waals surface area contributed by atoms with Crippen molar-refractivity contribution in [2.75, 3.05) is 31.5 Å². The third-order valence-corrected chi connectivity index (χ3v) is 6.34. The third kappa shape index (κ3) is 6.23. The Morgan fingerprint density at radius 3 is 2.79 bits per heavy atom. The number of nitrogens with zero attached hydrogens (tertiary/aromatic N) is 1. The highest BCUT2D eigenvalue weighted by Crippen LogP contribution is 2.20. The Labute approximate surface area is 178 Å². The van der Waals surface area contributed by atoms with Gasteiger partial charge in [-0.25, -0.2) is 0 Å². The Balaban J connectivity index is 1.57. The van der Waals surface area contributed by atoms with Crippen molar-refractivity contribution < 1.29 is 9.32 Å². The minimum atomic E-state index is 0.671. The Bertz CT molecular complexity index is 757. The lowest BCUT2D eigenvalue weighted by Gasteiger charge is -2.29. The summed E-state index contributed by atoms with van der Waals surface area (Å²) in [5, 5.41) is 4.79. The van der Waals surface area contributed by atoms with Gasteiger partial charge in [0.1, 0.15) is 5.76 Å². The predicted octanol–water partition coefficient (Wildman–Crippen LogP) is 4.15. The normalized spacial score (nSPS) is 19.4. The predicted molar refractivity (Wildman–Crippen MR) is 120 cm³/mol. The second-order valence-electron chi connectivity index (χ2n) is 7.93. The molecule has 2 N–H and O–H groups in total. The summed E-state index contributed by atoms with van der Waals surface area (Å²) in [6.45, 7) is 9.73. The van der Waals surface area contributed by atoms with E-state index in [9.17, 15) is 0 Å². The minimum absolute atomic E-state index is 0.671. The fraction of sp³-hybridized carbons (Fsp3) is 0.500. The van der Waals surface area contributed by atoms with E-state index in [4.69, 9.17) is 28.2 Å². The topological polar surface area (TPSA) is 32.9 Å². The molecular formula is C22H31ClN3OS+. The van der Waals surface area contributed by atoms with Crippen LogP contribution in [0.5, 0.6) is 0 Å². The van der Waals surface area contributed by atoms with Gasteiger partial charge in [0.05, 0.1) is 32.4 Å². The summed E-state index contributed by atoms with van der Waals surface area (Å²) in [5.41, 5.74) is 1.98. The van der Waals surface area contributed by atoms with Crippen LogP contribution >= 0.6 is 23.8 Å². The van der Waals surface area contributed by atoms with Gasteiger partial charge in [-0.15, -0.1) is 0 Å². The molecule has 1 aromatic carbocycles. The molecule has 3 rings (SSSR count). The number of quaternary nitrogens is 1. The number of aryl methyl sites for hydroxylation is 1. The van der Waals surface area contributed by atoms with E-state index in [0.717, 1.165) is 40.9 Å². The van der Waals surface area contributed by atoms with Crippen LogP contribution in [0.15, 0.2) is 41.0 Å². The first-order valence-electron chi connectivity index (χ1n) is 10.2. The summed E-state index contributed by atoms with van der Waals surface area (Å²) >= 11 is 12.0. The van der Waals surface area contributed by atoms with E-state index in [0.29, 0.717) is 11.7 Å². The van der Waals surface area contributed by atoms with Crippen LogP contribution < -0.4 is 10.2 Å². The molecule has 1 aromatic heterocycles. The first-order chi connectivity index (χ1) is 13.5. The average molecular weight is 421 g/mol. The van der Waals surface area contributed by atoms with Crippen molar-refractivity contribution >= 4 is 34.6 Å². The number of anilines is 1. The van der Waals surface area contributed by atoms with Gasteiger partial charge in [0.15, 0.2) is 5.11 Å². The molecule has 2 heterocycles. The molecule has 0 unspecified atom stereocenters. The Morgan fingerprint density at radius 1 is 1.32 bits per heavy atom. The molecule has 1 aliphatic heterocycles. The number of furan rings is 1. The maximum Gasteiger partial charge on any atom is 0.173 e. The lowest BCUT2D eigenvalue weighted by Crippen LogP contribution is -3.13. The summed E-state index contributed by atoms with van der Waals surface area (Å²) in [6, 6.07) is 9.86. The molecule has 0 aliphatic carbocycles. The number of benzene rings is 1. The number of hydrogen-bond acceptors (Lipinski definition) is 2. The molecule has 0 spiro atoms. The van der Waals surface area contributed by atoms with Gasteiger partial charge in [0.2, 0.25) is 0 Å². The van der Waals surface area contributed by atoms with Crippen LogP contribution in [-0.2, 0) is 6.54 Å². The molecule has 1 fully saturated rings. The number of rotatable bonds is 7. The lowest BCUT2D eigenvalue weighted by molar-refractivity contribution is -0.906. The fourth-order valence-corrected chi connectivity index (χ4v) is 4.11. The summed E-state index contributed by atoms with van der Waals surface area (Å²) in [7, 11) is 0. The van der Waals surface area contributed by atoms with Crippen molar-refractivity contribution in [3.05, 3.63) is 52.9 Å². The van der Waals surface area contributed by atoms with Gasteiger partial charge in [0, 0.05) is 23.7 Å². The lowest BCUT2D eigenvalue weighted by atomic mass is 9.99. The molecule has 1 saturated heterocycles. The molecule has 0 atom stereocenters. The summed E-state index contributed by atoms with van der Waals surface area (Å²) in [6.07, 6.45) is 5.52. The molecule has 4 nitrogen and oxygen atoms in total. The van der Waals surface area contributed by atoms with Crippen molar-refractivity contribution in [1.29, 1.82) is 0 Å². The molecule has 28 heavy (non-hydrogen) atoms. The molecule has 0 amide bonds. The SMILES string of the molecule is Cc1ccc(NC(=S)N(CCC[NH+]2CCC(C)CC2)Cc2ccco2)cc1Cl. The van der Waals surface area contributed by atoms with Crippen LogP contribution in [0.4, 0.5) is 5.69 Å². The van der Waals surface area contributed by atoms with Gasteiger partial charge in [-0.2, -0.15) is 0 Å². The number of nitrogens with one attached hydrogen (secondary N) is 2. The molecule has 1 aliphatic rings. The minimum Gasteiger partial charge on any atom is -0.467 e. The quantitative estimate of drug-likeness (QED) is 0.659. The van der Waals surface area contributed by atoms with E-state index in [2.05, 4.69) is 17.1 Å². The smallest absolute Gasteiger partial charge is 0.173 e. The standard InChI is InChI=1S/C22H30ClN3OS/c1-17-8-12-25(13-9-17)10-4-11-26(16-20-5-3-14-27-20)22(28)24-19-7-6-18(2)21(23)15-19/h3,5-7,14-15,17H,4,8-13,16H2,1-2H3,(H,24,28)/p+1. The van der Waals surface area contributed by atoms with E-state index < -0.39 is 0 Å². The zero-order chi connectivity index (χ0) is 19.9. The maximum absolute atomic E-state index is 6.26. The van der Waals surface area contributed by atoms with Gasteiger partial charge in [-0.3, -0.25) is 0 Å². The third-order valence-electron chi connectivity index (χ3n) is 5.58. The molecule has 2 aromatic rings. The van der Waals surface area contributed by atoms with Gasteiger partial charge >= 0.3 is 0 Å². The Hall–Kier alpha value is -1.56. The highest BCUT2D eigenvalue weighted by Gasteiger charge is 2.19. The first kappa shape index (κ1) is 21.2. The number of halogens is 1. The van der Waals surface area contributed by atoms with Crippen molar-refractivity contribution in [3.63, 3.8) is 0 Å². The molecule has 0 radical (unpaired) electrons. The van der Waals surface area contributed by atoms with Crippen LogP contribution in [0.25, 0.3) is 0 Å². The zero-order valence-corrected chi connectivity index (χ0v) is 18.4. The van der Waals surface area contributed by atoms with Crippen LogP contribution in [0.3, 0.4) is 0 Å². The monoisotopic (exact) mass is 420 g/mol. The fourth-order valence-electron chi connectivity index (χ4n) is 3.66. The van der Waals surface area contributed by atoms with E-state index in [-0.39, 0.29) is 0 Å². The maximum atomic E-state index is 6.26. The second-order valence-corrected chi connectivity index (χ2v) is 8.73. The van der Waals surface area contributed by atoms with Crippen LogP contribution in [0, 0.1) is 12.8 Å². The van der Waals surface area contributed by atoms with E-state index in [1.165, 1.54) is 32.5 Å². The number of piperidine rings is 1. The number of hydrogen-bond donors (Lipinski definition) is 2. The number of likely N-dealkylation sites (tertiary alicyclic amines) is 1. The van der Waals surface area contributed by atoms with Crippen LogP contribution in [0.1, 0.15) is 37.5 Å². The largest absolute Gasteiger partial charge is 0.467 e. The second kappa shape index (κ2) is 10.3. The van der Waals surface area contributed by atoms with E-state index in [1.54, 1.807) is 11.2 Å². The molecule has 0 saturated carbocycles. The van der Waals surface area contributed by atoms with E-state index in [1.807, 2.05) is 37.3 Å². The summed E-state index contributed by atoms with van der Waals surface area (Å²) in [5.74, 6) is 1.81. The summed E-state index contributed by atoms with van der Waals surface area (Å²) in [4.78, 5) is 3.91. The van der Waals surface area contributed by atoms with Crippen molar-refractivity contribution in [3.8, 4) is 0 Å². The van der Waals surface area contributed by atoms with E-state index >= 15 is 0 Å². The highest BCUT2D eigenvalue weighted by molar-refractivity contribution is 7.80. The van der Waals surface area contributed by atoms with Crippen molar-refractivity contribution in [2.24, 2.45) is 5.92 Å². The Morgan fingerprint density at radius 2 is 2.11 bits per heavy atom. The van der Waals surface area contributed by atoms with Crippen molar-refractivity contribution in [1.82, 2.24) is 4.90 Å². The van der Waals surface area contributed by atoms with Crippen LogP contribution in [-0.4, -0.2) is 36.2 Å².